The molecular weight excluding hydrogens is 176 g/mol. The van der Waals surface area contributed by atoms with Crippen LogP contribution in [0.15, 0.2) is 22.4 Å². The minimum absolute atomic E-state index is 0.169. The number of rotatable bonds is 2. The van der Waals surface area contributed by atoms with Gasteiger partial charge in [0.25, 0.3) is 5.96 Å². The Bertz CT molecular complexity index is 296. The minimum atomic E-state index is -0.993. The van der Waals surface area contributed by atoms with Gasteiger partial charge in [-0.05, 0) is 22.8 Å². The summed E-state index contributed by atoms with van der Waals surface area (Å²) in [7, 11) is 0. The highest BCUT2D eigenvalue weighted by atomic mass is 16.9. The van der Waals surface area contributed by atoms with Gasteiger partial charge in [-0.25, -0.2) is 0 Å². The normalized spacial score (nSPS) is 16.5. The van der Waals surface area contributed by atoms with Gasteiger partial charge >= 0.3 is 6.16 Å². The molecule has 0 aromatic rings. The van der Waals surface area contributed by atoms with Crippen LogP contribution in [0.2, 0.25) is 0 Å². The fourth-order valence-corrected chi connectivity index (χ4v) is 0.487. The topological polar surface area (TPSA) is 89.5 Å². The zero-order valence-electron chi connectivity index (χ0n) is 6.93. The van der Waals surface area contributed by atoms with Crippen LogP contribution >= 0.6 is 0 Å². The zero-order valence-corrected chi connectivity index (χ0v) is 6.93. The van der Waals surface area contributed by atoms with E-state index in [1.165, 1.54) is 6.21 Å². The third-order valence-corrected chi connectivity index (χ3v) is 0.954. The molecule has 0 saturated carbocycles. The molecule has 7 heteroatoms. The number of hydrogen-bond acceptors (Lipinski definition) is 7. The molecule has 0 aromatic heterocycles. The first-order chi connectivity index (χ1) is 6.09. The standard InChI is InChI=1S/C6H8N4O3/c1-4(2)3-8-10-5(7)9-12-6(11)13-10/h3H,1H2,2H3,(H2,7,9)/b8-3+. The lowest BCUT2D eigenvalue weighted by atomic mass is 10.4. The highest BCUT2D eigenvalue weighted by molar-refractivity contribution is 5.83. The minimum Gasteiger partial charge on any atom is -0.363 e. The largest absolute Gasteiger partial charge is 0.562 e. The fourth-order valence-electron chi connectivity index (χ4n) is 0.487. The van der Waals surface area contributed by atoms with Crippen LogP contribution in [0.5, 0.6) is 0 Å². The molecule has 0 radical (unpaired) electrons. The Morgan fingerprint density at radius 1 is 1.85 bits per heavy atom. The Hall–Kier alpha value is -2.05. The number of nitrogens with zero attached hydrogens (tertiary/aromatic N) is 3. The predicted molar refractivity (Wildman–Crippen MR) is 44.3 cm³/mol. The smallest absolute Gasteiger partial charge is 0.363 e. The molecule has 0 aliphatic carbocycles. The Kier molecular flexibility index (Phi) is 2.48. The van der Waals surface area contributed by atoms with Gasteiger partial charge in [0.1, 0.15) is 0 Å². The van der Waals surface area contributed by atoms with E-state index in [1.807, 2.05) is 0 Å². The number of hydrogen-bond donors (Lipinski definition) is 1. The van der Waals surface area contributed by atoms with Crippen molar-refractivity contribution in [2.75, 3.05) is 0 Å². The number of hydroxylamine groups is 1. The molecule has 1 rings (SSSR count). The summed E-state index contributed by atoms with van der Waals surface area (Å²) in [6.45, 7) is 5.28. The number of guanidine groups is 1. The first-order valence-electron chi connectivity index (χ1n) is 3.31. The number of hydrazone groups is 1. The molecule has 0 unspecified atom stereocenters. The lowest BCUT2D eigenvalue weighted by Crippen LogP contribution is -2.39. The average molecular weight is 184 g/mol. The zero-order chi connectivity index (χ0) is 9.84. The van der Waals surface area contributed by atoms with E-state index in [9.17, 15) is 4.79 Å². The van der Waals surface area contributed by atoms with E-state index >= 15 is 0 Å². The van der Waals surface area contributed by atoms with Gasteiger partial charge in [-0.1, -0.05) is 6.58 Å². The summed E-state index contributed by atoms with van der Waals surface area (Å²) < 4.78 is 0. The summed E-state index contributed by atoms with van der Waals surface area (Å²) in [5.74, 6) is -0.169. The van der Waals surface area contributed by atoms with Crippen molar-refractivity contribution in [2.45, 2.75) is 6.92 Å². The van der Waals surface area contributed by atoms with Crippen LogP contribution < -0.4 is 5.73 Å². The van der Waals surface area contributed by atoms with Crippen molar-refractivity contribution in [3.8, 4) is 0 Å². The lowest BCUT2D eigenvalue weighted by molar-refractivity contribution is -0.0952. The van der Waals surface area contributed by atoms with Crippen LogP contribution in [0.3, 0.4) is 0 Å². The average Bonchev–Trinajstić information content (AvgIpc) is 2.06. The van der Waals surface area contributed by atoms with Gasteiger partial charge in [0, 0.05) is 0 Å². The van der Waals surface area contributed by atoms with Gasteiger partial charge in [-0.15, -0.1) is 5.10 Å². The molecule has 1 aliphatic rings. The molecule has 2 N–H and O–H groups in total. The van der Waals surface area contributed by atoms with Gasteiger partial charge in [0.15, 0.2) is 0 Å². The lowest BCUT2D eigenvalue weighted by Gasteiger charge is -2.17. The van der Waals surface area contributed by atoms with E-state index in [-0.39, 0.29) is 5.96 Å². The second-order valence-electron chi connectivity index (χ2n) is 2.25. The van der Waals surface area contributed by atoms with Crippen molar-refractivity contribution < 1.29 is 14.5 Å². The van der Waals surface area contributed by atoms with E-state index in [0.29, 0.717) is 5.57 Å². The maximum atomic E-state index is 10.5. The van der Waals surface area contributed by atoms with E-state index in [1.54, 1.807) is 6.92 Å². The summed E-state index contributed by atoms with van der Waals surface area (Å²) in [5, 5.41) is 7.55. The molecule has 1 heterocycles. The van der Waals surface area contributed by atoms with Crippen LogP contribution in [0.25, 0.3) is 0 Å². The third-order valence-electron chi connectivity index (χ3n) is 0.954. The van der Waals surface area contributed by atoms with Crippen molar-refractivity contribution >= 4 is 18.3 Å². The number of nitrogens with two attached hydrogens (primary N) is 1. The molecular formula is C6H8N4O3. The van der Waals surface area contributed by atoms with Crippen molar-refractivity contribution in [2.24, 2.45) is 16.0 Å². The number of oxime groups is 1. The summed E-state index contributed by atoms with van der Waals surface area (Å²) in [6.07, 6.45) is 0.370. The van der Waals surface area contributed by atoms with Gasteiger partial charge in [0.05, 0.1) is 6.21 Å². The van der Waals surface area contributed by atoms with E-state index in [4.69, 9.17) is 5.73 Å². The van der Waals surface area contributed by atoms with Crippen molar-refractivity contribution in [1.29, 1.82) is 0 Å². The predicted octanol–water partition coefficient (Wildman–Crippen LogP) is 0.162. The molecule has 0 spiro atoms. The van der Waals surface area contributed by atoms with Gasteiger partial charge in [-0.3, -0.25) is 9.68 Å². The second kappa shape index (κ2) is 3.57. The van der Waals surface area contributed by atoms with Crippen molar-refractivity contribution in [1.82, 2.24) is 5.17 Å². The molecule has 7 nitrogen and oxygen atoms in total. The molecule has 0 fully saturated rings. The van der Waals surface area contributed by atoms with E-state index < -0.39 is 6.16 Å². The van der Waals surface area contributed by atoms with E-state index in [2.05, 4.69) is 26.5 Å². The Balaban J connectivity index is 2.68. The van der Waals surface area contributed by atoms with Crippen LogP contribution in [-0.4, -0.2) is 23.5 Å². The maximum absolute atomic E-state index is 10.5. The van der Waals surface area contributed by atoms with Gasteiger partial charge in [-0.2, -0.15) is 4.79 Å². The van der Waals surface area contributed by atoms with Crippen molar-refractivity contribution in [3.05, 3.63) is 12.2 Å². The first kappa shape index (κ1) is 9.04. The SMILES string of the molecule is C=C(C)/C=N/N1OC(=O)ON=C1N. The molecule has 0 aromatic carbocycles. The molecule has 70 valence electrons. The molecule has 0 atom stereocenters. The monoisotopic (exact) mass is 184 g/mol. The second-order valence-corrected chi connectivity index (χ2v) is 2.25. The van der Waals surface area contributed by atoms with Crippen molar-refractivity contribution in [3.63, 3.8) is 0 Å². The molecule has 13 heavy (non-hydrogen) atoms. The summed E-state index contributed by atoms with van der Waals surface area (Å²) >= 11 is 0. The summed E-state index contributed by atoms with van der Waals surface area (Å²) in [5.41, 5.74) is 5.93. The molecule has 0 amide bonds. The Morgan fingerprint density at radius 2 is 2.54 bits per heavy atom. The number of allylic oxidation sites excluding steroid dienone is 1. The van der Waals surface area contributed by atoms with Gasteiger partial charge in [0.2, 0.25) is 0 Å². The number of carbonyl (C=O) groups is 1. The summed E-state index contributed by atoms with van der Waals surface area (Å²) in [6, 6.07) is 0. The quantitative estimate of drug-likeness (QED) is 0.487. The van der Waals surface area contributed by atoms with Crippen LogP contribution in [0, 0.1) is 0 Å². The highest BCUT2D eigenvalue weighted by Gasteiger charge is 2.21. The van der Waals surface area contributed by atoms with Crippen LogP contribution in [0.1, 0.15) is 6.92 Å². The maximum Gasteiger partial charge on any atom is 0.562 e. The third kappa shape index (κ3) is 2.47. The Morgan fingerprint density at radius 3 is 3.15 bits per heavy atom. The first-order valence-corrected chi connectivity index (χ1v) is 3.31. The van der Waals surface area contributed by atoms with Crippen LogP contribution in [0.4, 0.5) is 4.79 Å². The van der Waals surface area contributed by atoms with E-state index in [0.717, 1.165) is 5.17 Å². The molecule has 0 bridgehead atoms. The fraction of sp³-hybridized carbons (Fsp3) is 0.167. The Labute approximate surface area is 74.0 Å². The highest BCUT2D eigenvalue weighted by Crippen LogP contribution is 2.02. The molecule has 1 aliphatic heterocycles. The number of carbonyl (C=O) groups excluding carboxylic acids is 1. The van der Waals surface area contributed by atoms with Crippen LogP contribution in [-0.2, 0) is 9.68 Å². The molecule has 0 saturated heterocycles. The summed E-state index contributed by atoms with van der Waals surface area (Å²) in [4.78, 5) is 19.0. The van der Waals surface area contributed by atoms with Gasteiger partial charge < -0.3 is 5.73 Å².